The van der Waals surface area contributed by atoms with Crippen molar-refractivity contribution >= 4 is 17.2 Å². The summed E-state index contributed by atoms with van der Waals surface area (Å²) in [4.78, 5) is 20.4. The first kappa shape index (κ1) is 15.4. The standard InChI is InChI=1S/C18H17N3OS/c1-10-4-5-13(12(3)11(10)2)16-9-23-18(21-16)15-8-20-7-6-14(15)17(19)22/h4-9H,1-3H3,(H2,19,22). The number of rotatable bonds is 3. The molecule has 4 nitrogen and oxygen atoms in total. The van der Waals surface area contributed by atoms with Crippen LogP contribution in [0.2, 0.25) is 0 Å². The lowest BCUT2D eigenvalue weighted by molar-refractivity contribution is 0.100. The first-order chi connectivity index (χ1) is 11.0. The zero-order chi connectivity index (χ0) is 16.6. The van der Waals surface area contributed by atoms with Gasteiger partial charge in [-0.15, -0.1) is 11.3 Å². The Morgan fingerprint density at radius 2 is 1.87 bits per heavy atom. The lowest BCUT2D eigenvalue weighted by Crippen LogP contribution is -2.12. The normalized spacial score (nSPS) is 10.7. The molecule has 0 aliphatic rings. The van der Waals surface area contributed by atoms with Gasteiger partial charge in [-0.25, -0.2) is 4.98 Å². The van der Waals surface area contributed by atoms with Gasteiger partial charge in [-0.05, 0) is 43.5 Å². The van der Waals surface area contributed by atoms with Crippen molar-refractivity contribution in [2.45, 2.75) is 20.8 Å². The number of carbonyl (C=O) groups is 1. The van der Waals surface area contributed by atoms with Gasteiger partial charge < -0.3 is 5.73 Å². The number of benzene rings is 1. The average Bonchev–Trinajstić information content (AvgIpc) is 3.02. The van der Waals surface area contributed by atoms with Crippen molar-refractivity contribution in [1.82, 2.24) is 9.97 Å². The fourth-order valence-electron chi connectivity index (χ4n) is 2.53. The number of aryl methyl sites for hydroxylation is 1. The molecule has 1 aromatic carbocycles. The zero-order valence-electron chi connectivity index (χ0n) is 13.3. The molecule has 3 rings (SSSR count). The van der Waals surface area contributed by atoms with E-state index in [9.17, 15) is 4.79 Å². The number of hydrogen-bond donors (Lipinski definition) is 1. The molecule has 0 bridgehead atoms. The molecule has 3 aromatic rings. The maximum absolute atomic E-state index is 11.6. The number of thiazole rings is 1. The Hall–Kier alpha value is -2.53. The number of carbonyl (C=O) groups excluding carboxylic acids is 1. The Morgan fingerprint density at radius 3 is 2.61 bits per heavy atom. The van der Waals surface area contributed by atoms with Crippen molar-refractivity contribution in [1.29, 1.82) is 0 Å². The van der Waals surface area contributed by atoms with Crippen LogP contribution in [0.15, 0.2) is 36.0 Å². The van der Waals surface area contributed by atoms with E-state index in [0.29, 0.717) is 11.1 Å². The van der Waals surface area contributed by atoms with E-state index in [2.05, 4.69) is 37.9 Å². The first-order valence-corrected chi connectivity index (χ1v) is 8.14. The van der Waals surface area contributed by atoms with Crippen LogP contribution in [-0.4, -0.2) is 15.9 Å². The third-order valence-electron chi connectivity index (χ3n) is 4.16. The summed E-state index contributed by atoms with van der Waals surface area (Å²) in [5.74, 6) is -0.471. The van der Waals surface area contributed by atoms with Crippen molar-refractivity contribution in [3.8, 4) is 21.8 Å². The van der Waals surface area contributed by atoms with E-state index in [0.717, 1.165) is 16.3 Å². The predicted octanol–water partition coefficient (Wildman–Crippen LogP) is 3.90. The van der Waals surface area contributed by atoms with Gasteiger partial charge in [0.2, 0.25) is 5.91 Å². The van der Waals surface area contributed by atoms with Gasteiger partial charge in [-0.1, -0.05) is 12.1 Å². The highest BCUT2D eigenvalue weighted by Crippen LogP contribution is 2.33. The Labute approximate surface area is 139 Å². The molecular weight excluding hydrogens is 306 g/mol. The van der Waals surface area contributed by atoms with Gasteiger partial charge in [0, 0.05) is 28.9 Å². The Balaban J connectivity index is 2.09. The Morgan fingerprint density at radius 1 is 1.09 bits per heavy atom. The molecule has 0 spiro atoms. The van der Waals surface area contributed by atoms with Crippen molar-refractivity contribution in [3.63, 3.8) is 0 Å². The predicted molar refractivity (Wildman–Crippen MR) is 93.5 cm³/mol. The molecule has 0 saturated carbocycles. The topological polar surface area (TPSA) is 68.9 Å². The number of hydrogen-bond acceptors (Lipinski definition) is 4. The summed E-state index contributed by atoms with van der Waals surface area (Å²) < 4.78 is 0. The van der Waals surface area contributed by atoms with Crippen LogP contribution in [0.5, 0.6) is 0 Å². The van der Waals surface area contributed by atoms with E-state index < -0.39 is 5.91 Å². The van der Waals surface area contributed by atoms with Crippen molar-refractivity contribution in [2.24, 2.45) is 5.73 Å². The molecule has 0 aliphatic carbocycles. The summed E-state index contributed by atoms with van der Waals surface area (Å²) >= 11 is 1.49. The molecule has 1 amide bonds. The van der Waals surface area contributed by atoms with Gasteiger partial charge in [0.05, 0.1) is 11.3 Å². The van der Waals surface area contributed by atoms with Gasteiger partial charge >= 0.3 is 0 Å². The molecule has 116 valence electrons. The maximum atomic E-state index is 11.6. The van der Waals surface area contributed by atoms with Crippen LogP contribution in [0.3, 0.4) is 0 Å². The van der Waals surface area contributed by atoms with Crippen LogP contribution in [0.4, 0.5) is 0 Å². The van der Waals surface area contributed by atoms with E-state index in [1.54, 1.807) is 18.5 Å². The molecule has 2 heterocycles. The highest BCUT2D eigenvalue weighted by atomic mass is 32.1. The van der Waals surface area contributed by atoms with Crippen molar-refractivity contribution in [3.05, 3.63) is 58.2 Å². The van der Waals surface area contributed by atoms with E-state index in [1.807, 2.05) is 5.38 Å². The minimum atomic E-state index is -0.471. The van der Waals surface area contributed by atoms with Crippen LogP contribution in [0.25, 0.3) is 21.8 Å². The van der Waals surface area contributed by atoms with Gasteiger partial charge in [0.25, 0.3) is 0 Å². The minimum absolute atomic E-state index is 0.442. The van der Waals surface area contributed by atoms with Gasteiger partial charge in [0.1, 0.15) is 5.01 Å². The zero-order valence-corrected chi connectivity index (χ0v) is 14.1. The van der Waals surface area contributed by atoms with E-state index in [4.69, 9.17) is 10.7 Å². The summed E-state index contributed by atoms with van der Waals surface area (Å²) in [6, 6.07) is 5.82. The monoisotopic (exact) mass is 323 g/mol. The minimum Gasteiger partial charge on any atom is -0.366 e. The lowest BCUT2D eigenvalue weighted by atomic mass is 9.97. The number of nitrogens with zero attached hydrogens (tertiary/aromatic N) is 2. The molecule has 0 fully saturated rings. The average molecular weight is 323 g/mol. The molecule has 0 unspecified atom stereocenters. The van der Waals surface area contributed by atoms with Crippen LogP contribution in [-0.2, 0) is 0 Å². The second-order valence-corrected chi connectivity index (χ2v) is 6.36. The summed E-state index contributed by atoms with van der Waals surface area (Å²) in [7, 11) is 0. The molecule has 2 aromatic heterocycles. The number of primary amides is 1. The smallest absolute Gasteiger partial charge is 0.249 e. The second kappa shape index (κ2) is 5.93. The second-order valence-electron chi connectivity index (χ2n) is 5.50. The molecule has 23 heavy (non-hydrogen) atoms. The maximum Gasteiger partial charge on any atom is 0.249 e. The van der Waals surface area contributed by atoms with Crippen LogP contribution in [0.1, 0.15) is 27.0 Å². The third-order valence-corrected chi connectivity index (χ3v) is 5.03. The first-order valence-electron chi connectivity index (χ1n) is 7.26. The Kier molecular flexibility index (Phi) is 3.96. The largest absolute Gasteiger partial charge is 0.366 e. The highest BCUT2D eigenvalue weighted by molar-refractivity contribution is 7.13. The summed E-state index contributed by atoms with van der Waals surface area (Å²) in [5.41, 5.74) is 12.3. The van der Waals surface area contributed by atoms with Crippen molar-refractivity contribution in [2.75, 3.05) is 0 Å². The fourth-order valence-corrected chi connectivity index (χ4v) is 3.38. The van der Waals surface area contributed by atoms with E-state index >= 15 is 0 Å². The SMILES string of the molecule is Cc1ccc(-c2csc(-c3cnccc3C(N)=O)n2)c(C)c1C. The van der Waals surface area contributed by atoms with E-state index in [-0.39, 0.29) is 0 Å². The van der Waals surface area contributed by atoms with Crippen molar-refractivity contribution < 1.29 is 4.79 Å². The summed E-state index contributed by atoms with van der Waals surface area (Å²) in [6.07, 6.45) is 3.20. The molecule has 2 N–H and O–H groups in total. The molecular formula is C18H17N3OS. The molecule has 0 radical (unpaired) electrons. The number of pyridine rings is 1. The van der Waals surface area contributed by atoms with Crippen LogP contribution in [0, 0.1) is 20.8 Å². The molecule has 0 aliphatic heterocycles. The van der Waals surface area contributed by atoms with Gasteiger partial charge in [0.15, 0.2) is 0 Å². The van der Waals surface area contributed by atoms with Gasteiger partial charge in [-0.3, -0.25) is 9.78 Å². The quantitative estimate of drug-likeness (QED) is 0.795. The number of nitrogens with two attached hydrogens (primary N) is 1. The lowest BCUT2D eigenvalue weighted by Gasteiger charge is -2.09. The van der Waals surface area contributed by atoms with Gasteiger partial charge in [-0.2, -0.15) is 0 Å². The highest BCUT2D eigenvalue weighted by Gasteiger charge is 2.15. The van der Waals surface area contributed by atoms with Crippen LogP contribution < -0.4 is 5.73 Å². The summed E-state index contributed by atoms with van der Waals surface area (Å²) in [5, 5.41) is 2.75. The third kappa shape index (κ3) is 2.75. The number of amides is 1. The fraction of sp³-hybridized carbons (Fsp3) is 0.167. The van der Waals surface area contributed by atoms with E-state index in [1.165, 1.54) is 28.0 Å². The molecule has 0 atom stereocenters. The number of aromatic nitrogens is 2. The summed E-state index contributed by atoms with van der Waals surface area (Å²) in [6.45, 7) is 6.33. The molecule has 5 heteroatoms. The van der Waals surface area contributed by atoms with Crippen LogP contribution >= 0.6 is 11.3 Å². The Bertz CT molecular complexity index is 899. The molecule has 0 saturated heterocycles.